The SMILES string of the molecule is COc1ccc(N2C(=O)C(Cl)=C(Nc3ccc(C(=O)Nc4nc(C)c(C)s4)cc3)C2=O)c(OC)c1. The Hall–Kier alpha value is -3.89. The van der Waals surface area contributed by atoms with E-state index in [2.05, 4.69) is 15.6 Å². The summed E-state index contributed by atoms with van der Waals surface area (Å²) in [6.45, 7) is 3.81. The number of hydrogen-bond acceptors (Lipinski definition) is 8. The molecule has 0 bridgehead atoms. The molecule has 0 aliphatic carbocycles. The lowest BCUT2D eigenvalue weighted by atomic mass is 10.2. The van der Waals surface area contributed by atoms with Crippen LogP contribution in [-0.2, 0) is 9.59 Å². The van der Waals surface area contributed by atoms with Gasteiger partial charge < -0.3 is 14.8 Å². The predicted molar refractivity (Wildman–Crippen MR) is 135 cm³/mol. The number of halogens is 1. The highest BCUT2D eigenvalue weighted by Gasteiger charge is 2.40. The van der Waals surface area contributed by atoms with Gasteiger partial charge in [-0.1, -0.05) is 11.6 Å². The summed E-state index contributed by atoms with van der Waals surface area (Å²) in [6.07, 6.45) is 0. The summed E-state index contributed by atoms with van der Waals surface area (Å²) in [4.78, 5) is 44.7. The molecule has 0 unspecified atom stereocenters. The van der Waals surface area contributed by atoms with Gasteiger partial charge in [0.2, 0.25) is 0 Å². The Labute approximate surface area is 210 Å². The predicted octanol–water partition coefficient (Wildman–Crippen LogP) is 4.47. The Morgan fingerprint density at radius 1 is 1.03 bits per heavy atom. The first-order valence-corrected chi connectivity index (χ1v) is 11.6. The molecule has 0 saturated carbocycles. The highest BCUT2D eigenvalue weighted by atomic mass is 35.5. The number of aromatic nitrogens is 1. The van der Waals surface area contributed by atoms with Gasteiger partial charge in [0.1, 0.15) is 22.2 Å². The summed E-state index contributed by atoms with van der Waals surface area (Å²) in [7, 11) is 2.92. The third-order valence-electron chi connectivity index (χ3n) is 5.32. The van der Waals surface area contributed by atoms with Gasteiger partial charge in [-0.15, -0.1) is 11.3 Å². The molecule has 4 rings (SSSR count). The average molecular weight is 513 g/mol. The van der Waals surface area contributed by atoms with Crippen LogP contribution in [0.3, 0.4) is 0 Å². The normalized spacial score (nSPS) is 13.3. The number of imide groups is 1. The summed E-state index contributed by atoms with van der Waals surface area (Å²) in [5, 5.41) is 5.91. The van der Waals surface area contributed by atoms with E-state index in [-0.39, 0.29) is 28.1 Å². The van der Waals surface area contributed by atoms with Crippen LogP contribution in [0.25, 0.3) is 0 Å². The highest BCUT2D eigenvalue weighted by Crippen LogP contribution is 2.37. The van der Waals surface area contributed by atoms with Crippen LogP contribution in [0.2, 0.25) is 0 Å². The minimum Gasteiger partial charge on any atom is -0.497 e. The fraction of sp³-hybridized carbons (Fsp3) is 0.167. The van der Waals surface area contributed by atoms with Gasteiger partial charge in [0.15, 0.2) is 5.13 Å². The van der Waals surface area contributed by atoms with Gasteiger partial charge in [-0.05, 0) is 50.2 Å². The molecular weight excluding hydrogens is 492 g/mol. The van der Waals surface area contributed by atoms with Gasteiger partial charge in [-0.25, -0.2) is 9.88 Å². The van der Waals surface area contributed by atoms with Crippen molar-refractivity contribution in [2.75, 3.05) is 29.8 Å². The molecule has 0 atom stereocenters. The number of carbonyl (C=O) groups is 3. The lowest BCUT2D eigenvalue weighted by molar-refractivity contribution is -0.120. The van der Waals surface area contributed by atoms with E-state index in [1.165, 1.54) is 25.6 Å². The Kier molecular flexibility index (Phi) is 6.77. The van der Waals surface area contributed by atoms with Gasteiger partial charge >= 0.3 is 0 Å². The summed E-state index contributed by atoms with van der Waals surface area (Å²) in [6, 6.07) is 11.1. The first kappa shape index (κ1) is 24.2. The minimum absolute atomic E-state index is 0.0829. The molecule has 11 heteroatoms. The first-order chi connectivity index (χ1) is 16.7. The quantitative estimate of drug-likeness (QED) is 0.449. The van der Waals surface area contributed by atoms with E-state index in [0.29, 0.717) is 22.1 Å². The van der Waals surface area contributed by atoms with Crippen LogP contribution < -0.4 is 25.0 Å². The molecule has 2 N–H and O–H groups in total. The number of nitrogens with zero attached hydrogens (tertiary/aromatic N) is 2. The minimum atomic E-state index is -0.687. The Morgan fingerprint density at radius 2 is 1.74 bits per heavy atom. The lowest BCUT2D eigenvalue weighted by Crippen LogP contribution is -2.32. The van der Waals surface area contributed by atoms with Crippen molar-refractivity contribution >= 4 is 57.2 Å². The van der Waals surface area contributed by atoms with E-state index in [9.17, 15) is 14.4 Å². The molecule has 0 radical (unpaired) electrons. The molecule has 180 valence electrons. The maximum absolute atomic E-state index is 13.1. The van der Waals surface area contributed by atoms with Crippen molar-refractivity contribution in [3.05, 3.63) is 69.3 Å². The highest BCUT2D eigenvalue weighted by molar-refractivity contribution is 7.15. The topological polar surface area (TPSA) is 110 Å². The largest absolute Gasteiger partial charge is 0.497 e. The van der Waals surface area contributed by atoms with Crippen LogP contribution >= 0.6 is 22.9 Å². The fourth-order valence-corrected chi connectivity index (χ4v) is 4.37. The molecule has 3 aromatic rings. The number of nitrogens with one attached hydrogen (secondary N) is 2. The molecule has 1 aromatic heterocycles. The molecule has 35 heavy (non-hydrogen) atoms. The number of rotatable bonds is 7. The van der Waals surface area contributed by atoms with Crippen molar-refractivity contribution in [1.29, 1.82) is 0 Å². The standard InChI is InChI=1S/C24H21ClN4O5S/c1-12-13(2)35-24(26-12)28-21(30)14-5-7-15(8-6-14)27-20-19(25)22(31)29(23(20)32)17-10-9-16(33-3)11-18(17)34-4/h5-11,27H,1-4H3,(H,26,28,30). The fourth-order valence-electron chi connectivity index (χ4n) is 3.34. The van der Waals surface area contributed by atoms with Crippen molar-refractivity contribution in [2.45, 2.75) is 13.8 Å². The first-order valence-electron chi connectivity index (χ1n) is 10.4. The van der Waals surface area contributed by atoms with Gasteiger partial charge in [-0.3, -0.25) is 19.7 Å². The molecule has 1 aliphatic heterocycles. The molecule has 0 spiro atoms. The number of amides is 3. The second kappa shape index (κ2) is 9.77. The van der Waals surface area contributed by atoms with E-state index < -0.39 is 11.8 Å². The number of methoxy groups -OCH3 is 2. The maximum Gasteiger partial charge on any atom is 0.283 e. The summed E-state index contributed by atoms with van der Waals surface area (Å²) < 4.78 is 10.5. The van der Waals surface area contributed by atoms with Crippen molar-refractivity contribution in [3.63, 3.8) is 0 Å². The molecule has 2 heterocycles. The van der Waals surface area contributed by atoms with E-state index in [4.69, 9.17) is 21.1 Å². The van der Waals surface area contributed by atoms with Gasteiger partial charge in [-0.2, -0.15) is 0 Å². The molecular formula is C24H21ClN4O5S. The number of carbonyl (C=O) groups excluding carboxylic acids is 3. The van der Waals surface area contributed by atoms with Crippen molar-refractivity contribution < 1.29 is 23.9 Å². The van der Waals surface area contributed by atoms with Crippen LogP contribution in [-0.4, -0.2) is 36.9 Å². The average Bonchev–Trinajstić information content (AvgIpc) is 3.28. The zero-order valence-corrected chi connectivity index (χ0v) is 20.8. The summed E-state index contributed by atoms with van der Waals surface area (Å²) >= 11 is 7.63. The van der Waals surface area contributed by atoms with E-state index in [0.717, 1.165) is 15.5 Å². The van der Waals surface area contributed by atoms with Gasteiger partial charge in [0.25, 0.3) is 17.7 Å². The van der Waals surface area contributed by atoms with Gasteiger partial charge in [0.05, 0.1) is 25.6 Å². The molecule has 2 aromatic carbocycles. The molecule has 3 amide bonds. The zero-order chi connectivity index (χ0) is 25.3. The van der Waals surface area contributed by atoms with Crippen LogP contribution in [0.15, 0.2) is 53.2 Å². The number of aryl methyl sites for hydroxylation is 2. The number of anilines is 3. The Morgan fingerprint density at radius 3 is 2.34 bits per heavy atom. The Balaban J connectivity index is 1.51. The smallest absolute Gasteiger partial charge is 0.283 e. The molecule has 1 aliphatic rings. The number of benzene rings is 2. The van der Waals surface area contributed by atoms with Crippen molar-refractivity contribution in [3.8, 4) is 11.5 Å². The number of hydrogen-bond donors (Lipinski definition) is 2. The van der Waals surface area contributed by atoms with Crippen molar-refractivity contribution in [1.82, 2.24) is 4.98 Å². The second-order valence-corrected chi connectivity index (χ2v) is 9.07. The van der Waals surface area contributed by atoms with Crippen LogP contribution in [0.4, 0.5) is 16.5 Å². The van der Waals surface area contributed by atoms with Crippen molar-refractivity contribution in [2.24, 2.45) is 0 Å². The van der Waals surface area contributed by atoms with Crippen LogP contribution in [0.5, 0.6) is 11.5 Å². The second-order valence-electron chi connectivity index (χ2n) is 7.49. The van der Waals surface area contributed by atoms with E-state index >= 15 is 0 Å². The third kappa shape index (κ3) is 4.71. The summed E-state index contributed by atoms with van der Waals surface area (Å²) in [5.41, 5.74) is 1.89. The lowest BCUT2D eigenvalue weighted by Gasteiger charge is -2.18. The molecule has 9 nitrogen and oxygen atoms in total. The van der Waals surface area contributed by atoms with Gasteiger partial charge in [0, 0.05) is 22.2 Å². The van der Waals surface area contributed by atoms with Crippen LogP contribution in [0.1, 0.15) is 20.9 Å². The zero-order valence-electron chi connectivity index (χ0n) is 19.3. The Bertz CT molecular complexity index is 1350. The molecule has 0 saturated heterocycles. The number of ether oxygens (including phenoxy) is 2. The van der Waals surface area contributed by atoms with E-state index in [1.807, 2.05) is 13.8 Å². The van der Waals surface area contributed by atoms with E-state index in [1.54, 1.807) is 42.5 Å². The maximum atomic E-state index is 13.1. The third-order valence-corrected chi connectivity index (χ3v) is 6.66. The van der Waals surface area contributed by atoms with Crippen LogP contribution in [0, 0.1) is 13.8 Å². The molecule has 0 fully saturated rings. The number of thiazole rings is 1. The summed E-state index contributed by atoms with van der Waals surface area (Å²) in [5.74, 6) is -0.857. The monoisotopic (exact) mass is 512 g/mol.